The third-order valence-electron chi connectivity index (χ3n) is 5.07. The van der Waals surface area contributed by atoms with Crippen LogP contribution in [0.4, 0.5) is 0 Å². The number of esters is 1. The molecular formula is C22H24ClN3O6S. The Labute approximate surface area is 197 Å². The summed E-state index contributed by atoms with van der Waals surface area (Å²) in [4.78, 5) is 37.9. The standard InChI is InChI=1S/C22H24ClN3O6S/c1-16-3-2-4-17(13-16)22(29)24-14-21(28)32-15-20(27)25-9-11-26(12-10-25)33(30,31)19-7-5-18(23)6-8-19/h2-8,13H,9-12,14-15H2,1H3,(H,24,29). The molecule has 2 aromatic rings. The van der Waals surface area contributed by atoms with Crippen LogP contribution in [0.15, 0.2) is 53.4 Å². The van der Waals surface area contributed by atoms with E-state index in [0.717, 1.165) is 5.56 Å². The molecule has 0 spiro atoms. The average Bonchev–Trinajstić information content (AvgIpc) is 2.81. The summed E-state index contributed by atoms with van der Waals surface area (Å²) in [7, 11) is -3.68. The van der Waals surface area contributed by atoms with E-state index in [1.54, 1.807) is 18.2 Å². The number of ether oxygens (including phenoxy) is 1. The maximum absolute atomic E-state index is 12.7. The lowest BCUT2D eigenvalue weighted by molar-refractivity contribution is -0.151. The number of halogens is 1. The number of amides is 2. The second-order valence-electron chi connectivity index (χ2n) is 7.45. The molecule has 1 aliphatic rings. The average molecular weight is 494 g/mol. The first-order chi connectivity index (χ1) is 15.7. The lowest BCUT2D eigenvalue weighted by atomic mass is 10.1. The van der Waals surface area contributed by atoms with E-state index in [0.29, 0.717) is 10.6 Å². The Morgan fingerprint density at radius 1 is 1.03 bits per heavy atom. The van der Waals surface area contributed by atoms with E-state index in [9.17, 15) is 22.8 Å². The Morgan fingerprint density at radius 3 is 2.33 bits per heavy atom. The molecule has 0 saturated carbocycles. The van der Waals surface area contributed by atoms with Crippen LogP contribution in [-0.4, -0.2) is 74.7 Å². The minimum absolute atomic E-state index is 0.122. The van der Waals surface area contributed by atoms with Gasteiger partial charge in [-0.25, -0.2) is 8.42 Å². The number of benzene rings is 2. The highest BCUT2D eigenvalue weighted by Crippen LogP contribution is 2.20. The summed E-state index contributed by atoms with van der Waals surface area (Å²) < 4.78 is 31.7. The molecule has 0 aliphatic carbocycles. The van der Waals surface area contributed by atoms with E-state index in [1.165, 1.54) is 33.5 Å². The number of piperazine rings is 1. The van der Waals surface area contributed by atoms with E-state index >= 15 is 0 Å². The smallest absolute Gasteiger partial charge is 0.325 e. The van der Waals surface area contributed by atoms with E-state index in [-0.39, 0.29) is 37.6 Å². The maximum Gasteiger partial charge on any atom is 0.325 e. The van der Waals surface area contributed by atoms with Gasteiger partial charge in [0.15, 0.2) is 6.61 Å². The second kappa shape index (κ2) is 10.8. The topological polar surface area (TPSA) is 113 Å². The van der Waals surface area contributed by atoms with E-state index < -0.39 is 34.4 Å². The Kier molecular flexibility index (Phi) is 8.06. The van der Waals surface area contributed by atoms with Crippen molar-refractivity contribution in [3.63, 3.8) is 0 Å². The minimum Gasteiger partial charge on any atom is -0.454 e. The number of hydrogen-bond donors (Lipinski definition) is 1. The largest absolute Gasteiger partial charge is 0.454 e. The van der Waals surface area contributed by atoms with Crippen LogP contribution in [-0.2, 0) is 24.3 Å². The van der Waals surface area contributed by atoms with Crippen LogP contribution >= 0.6 is 11.6 Å². The van der Waals surface area contributed by atoms with Crippen LogP contribution in [0.5, 0.6) is 0 Å². The third kappa shape index (κ3) is 6.53. The van der Waals surface area contributed by atoms with Crippen LogP contribution in [0.25, 0.3) is 0 Å². The summed E-state index contributed by atoms with van der Waals surface area (Å²) in [5, 5.41) is 2.89. The first-order valence-corrected chi connectivity index (χ1v) is 12.0. The van der Waals surface area contributed by atoms with Crippen molar-refractivity contribution < 1.29 is 27.5 Å². The van der Waals surface area contributed by atoms with Crippen molar-refractivity contribution >= 4 is 39.4 Å². The molecule has 1 fully saturated rings. The molecule has 2 aromatic carbocycles. The van der Waals surface area contributed by atoms with Crippen LogP contribution in [0.2, 0.25) is 5.02 Å². The van der Waals surface area contributed by atoms with Gasteiger partial charge >= 0.3 is 5.97 Å². The summed E-state index contributed by atoms with van der Waals surface area (Å²) in [5.41, 5.74) is 1.34. The molecule has 176 valence electrons. The zero-order chi connectivity index (χ0) is 24.0. The quantitative estimate of drug-likeness (QED) is 0.584. The van der Waals surface area contributed by atoms with Crippen LogP contribution < -0.4 is 5.32 Å². The fourth-order valence-corrected chi connectivity index (χ4v) is 4.81. The van der Waals surface area contributed by atoms with Crippen LogP contribution in [0.1, 0.15) is 15.9 Å². The molecule has 0 aromatic heterocycles. The zero-order valence-corrected chi connectivity index (χ0v) is 19.6. The second-order valence-corrected chi connectivity index (χ2v) is 9.83. The number of rotatable bonds is 7. The minimum atomic E-state index is -3.68. The fourth-order valence-electron chi connectivity index (χ4n) is 3.26. The summed E-state index contributed by atoms with van der Waals surface area (Å²) in [6.45, 7) is 1.59. The van der Waals surface area contributed by atoms with Crippen molar-refractivity contribution in [3.8, 4) is 0 Å². The highest BCUT2D eigenvalue weighted by Gasteiger charge is 2.30. The lowest BCUT2D eigenvalue weighted by Gasteiger charge is -2.33. The van der Waals surface area contributed by atoms with Crippen LogP contribution in [0.3, 0.4) is 0 Å². The molecule has 1 heterocycles. The van der Waals surface area contributed by atoms with Gasteiger partial charge in [0, 0.05) is 36.8 Å². The maximum atomic E-state index is 12.7. The van der Waals surface area contributed by atoms with Gasteiger partial charge in [0.2, 0.25) is 10.0 Å². The Morgan fingerprint density at radius 2 is 1.70 bits per heavy atom. The molecule has 0 unspecified atom stereocenters. The van der Waals surface area contributed by atoms with Crippen molar-refractivity contribution in [2.24, 2.45) is 0 Å². The van der Waals surface area contributed by atoms with Gasteiger partial charge < -0.3 is 15.0 Å². The number of sulfonamides is 1. The van der Waals surface area contributed by atoms with Gasteiger partial charge in [-0.05, 0) is 43.3 Å². The number of nitrogens with zero attached hydrogens (tertiary/aromatic N) is 2. The van der Waals surface area contributed by atoms with Gasteiger partial charge in [-0.2, -0.15) is 4.31 Å². The number of carbonyl (C=O) groups excluding carboxylic acids is 3. The van der Waals surface area contributed by atoms with Crippen molar-refractivity contribution in [1.29, 1.82) is 0 Å². The van der Waals surface area contributed by atoms with Crippen molar-refractivity contribution in [2.75, 3.05) is 39.3 Å². The molecule has 1 aliphatic heterocycles. The van der Waals surface area contributed by atoms with Crippen molar-refractivity contribution in [2.45, 2.75) is 11.8 Å². The predicted octanol–water partition coefficient (Wildman–Crippen LogP) is 1.45. The van der Waals surface area contributed by atoms with E-state index in [1.807, 2.05) is 13.0 Å². The monoisotopic (exact) mass is 493 g/mol. The molecule has 3 rings (SSSR count). The van der Waals surface area contributed by atoms with Gasteiger partial charge in [0.1, 0.15) is 6.54 Å². The summed E-state index contributed by atoms with van der Waals surface area (Å²) in [5.74, 6) is -1.59. The van der Waals surface area contributed by atoms with Gasteiger partial charge in [0.05, 0.1) is 4.90 Å². The molecule has 2 amide bonds. The molecule has 9 nitrogen and oxygen atoms in total. The van der Waals surface area contributed by atoms with Crippen LogP contribution in [0, 0.1) is 6.92 Å². The van der Waals surface area contributed by atoms with Gasteiger partial charge in [-0.1, -0.05) is 29.3 Å². The van der Waals surface area contributed by atoms with Gasteiger partial charge in [0.25, 0.3) is 11.8 Å². The molecule has 0 radical (unpaired) electrons. The third-order valence-corrected chi connectivity index (χ3v) is 7.24. The molecule has 0 bridgehead atoms. The Bertz CT molecular complexity index is 1130. The number of hydrogen-bond acceptors (Lipinski definition) is 6. The predicted molar refractivity (Wildman–Crippen MR) is 121 cm³/mol. The lowest BCUT2D eigenvalue weighted by Crippen LogP contribution is -2.51. The number of nitrogens with one attached hydrogen (secondary N) is 1. The number of aryl methyl sites for hydroxylation is 1. The molecule has 1 saturated heterocycles. The highest BCUT2D eigenvalue weighted by atomic mass is 35.5. The molecule has 33 heavy (non-hydrogen) atoms. The molecular weight excluding hydrogens is 470 g/mol. The van der Waals surface area contributed by atoms with Crippen molar-refractivity contribution in [3.05, 3.63) is 64.7 Å². The molecule has 1 N–H and O–H groups in total. The molecule has 11 heteroatoms. The first-order valence-electron chi connectivity index (χ1n) is 10.2. The Balaban J connectivity index is 1.42. The zero-order valence-electron chi connectivity index (χ0n) is 18.0. The van der Waals surface area contributed by atoms with E-state index in [4.69, 9.17) is 16.3 Å². The molecule has 0 atom stereocenters. The number of carbonyl (C=O) groups is 3. The SMILES string of the molecule is Cc1cccc(C(=O)NCC(=O)OCC(=O)N2CCN(S(=O)(=O)c3ccc(Cl)cc3)CC2)c1. The van der Waals surface area contributed by atoms with Gasteiger partial charge in [-0.15, -0.1) is 0 Å². The van der Waals surface area contributed by atoms with Crippen molar-refractivity contribution in [1.82, 2.24) is 14.5 Å². The Hall–Kier alpha value is -2.95. The van der Waals surface area contributed by atoms with Gasteiger partial charge in [-0.3, -0.25) is 14.4 Å². The summed E-state index contributed by atoms with van der Waals surface area (Å²) in [6.07, 6.45) is 0. The normalized spacial score (nSPS) is 14.5. The highest BCUT2D eigenvalue weighted by molar-refractivity contribution is 7.89. The first kappa shape index (κ1) is 24.7. The summed E-state index contributed by atoms with van der Waals surface area (Å²) >= 11 is 5.81. The fraction of sp³-hybridized carbons (Fsp3) is 0.318. The summed E-state index contributed by atoms with van der Waals surface area (Å²) in [6, 6.07) is 12.8. The van der Waals surface area contributed by atoms with E-state index in [2.05, 4.69) is 5.32 Å².